The summed E-state index contributed by atoms with van der Waals surface area (Å²) < 4.78 is 66.6. The van der Waals surface area contributed by atoms with E-state index in [0.29, 0.717) is 108 Å². The molecule has 4 atom stereocenters. The minimum absolute atomic E-state index is 0. The van der Waals surface area contributed by atoms with Gasteiger partial charge in [0.2, 0.25) is 11.8 Å². The van der Waals surface area contributed by atoms with Crippen molar-refractivity contribution in [2.24, 2.45) is 9.98 Å². The summed E-state index contributed by atoms with van der Waals surface area (Å²) in [5, 5.41) is 25.2. The zero-order valence-corrected chi connectivity index (χ0v) is 56.8. The normalized spacial score (nSPS) is 18.2. The number of allylic oxidation sites excluding steroid dienone is 2. The number of aromatic nitrogens is 1. The van der Waals surface area contributed by atoms with Gasteiger partial charge in [0.15, 0.2) is 6.29 Å². The van der Waals surface area contributed by atoms with Crippen LogP contribution >= 0.6 is 0 Å². The number of hydrogen-bond acceptors (Lipinski definition) is 19. The van der Waals surface area contributed by atoms with Gasteiger partial charge in [0.1, 0.15) is 62.2 Å². The molecule has 0 saturated carbocycles. The van der Waals surface area contributed by atoms with Gasteiger partial charge in [-0.15, -0.1) is 6.58 Å². The van der Waals surface area contributed by atoms with Gasteiger partial charge in [0.05, 0.1) is 71.9 Å². The van der Waals surface area contributed by atoms with E-state index >= 15 is 0 Å². The van der Waals surface area contributed by atoms with E-state index in [1.54, 1.807) is 18.6 Å². The molecular weight excluding hydrogens is 1140 g/mol. The van der Waals surface area contributed by atoms with E-state index in [4.69, 9.17) is 76.0 Å². The number of aliphatic hydroxyl groups excluding tert-OH is 1. The molecule has 473 valence electrons. The molecule has 6 aliphatic heterocycles. The maximum absolute atomic E-state index is 10.0. The number of aliphatic carboxylic acids is 1. The molecule has 7 heterocycles. The molecule has 4 fully saturated rings. The third-order valence-electron chi connectivity index (χ3n) is 10.6. The zero-order valence-electron chi connectivity index (χ0n) is 50.6. The van der Waals surface area contributed by atoms with E-state index < -0.39 is 21.8 Å². The van der Waals surface area contributed by atoms with Gasteiger partial charge in [-0.1, -0.05) is 95.6 Å². The van der Waals surface area contributed by atoms with Crippen molar-refractivity contribution in [3.05, 3.63) is 66.9 Å². The van der Waals surface area contributed by atoms with Crippen LogP contribution in [0.2, 0.25) is 12.1 Å². The Morgan fingerprint density at radius 1 is 0.704 bits per heavy atom. The third kappa shape index (κ3) is 58.7. The average molecular weight is 1250 g/mol. The van der Waals surface area contributed by atoms with Gasteiger partial charge >= 0.3 is 15.5 Å². The van der Waals surface area contributed by atoms with Gasteiger partial charge in [-0.05, 0) is 71.6 Å². The number of carbonyl (C=O) groups is 1. The fourth-order valence-corrected chi connectivity index (χ4v) is 7.59. The van der Waals surface area contributed by atoms with Gasteiger partial charge in [-0.25, -0.2) is 15.0 Å². The first kappa shape index (κ1) is 80.2. The van der Waals surface area contributed by atoms with Crippen LogP contribution in [0.1, 0.15) is 136 Å². The third-order valence-corrected chi connectivity index (χ3v) is 13.6. The predicted octanol–water partition coefficient (Wildman–Crippen LogP) is 6.33. The largest absolute Gasteiger partial charge is 0.499 e. The van der Waals surface area contributed by atoms with Crippen LogP contribution in [0.25, 0.3) is 0 Å². The molecule has 6 aliphatic rings. The molecule has 0 amide bonds. The molecule has 4 saturated heterocycles. The predicted molar refractivity (Wildman–Crippen MR) is 324 cm³/mol. The second-order valence-corrected chi connectivity index (χ2v) is 21.8. The van der Waals surface area contributed by atoms with Crippen LogP contribution in [0, 0.1) is 0 Å². The summed E-state index contributed by atoms with van der Waals surface area (Å²) in [6, 6.07) is 8.19. The van der Waals surface area contributed by atoms with E-state index in [-0.39, 0.29) is 16.8 Å². The number of aliphatic hydroxyl groups is 2. The van der Waals surface area contributed by atoms with Gasteiger partial charge in [0.25, 0.3) is 0 Å². The second-order valence-electron chi connectivity index (χ2n) is 18.4. The summed E-state index contributed by atoms with van der Waals surface area (Å²) in [6.07, 6.45) is 23.1. The molecule has 0 aromatic carbocycles. The van der Waals surface area contributed by atoms with Gasteiger partial charge in [0, 0.05) is 70.1 Å². The standard InChI is InChI=1S/C11H11N3O2.C8H18O2.C8H16O2.C6H16O3Si.C6H14O2Si.C6H12O2Si.2C6H10O2.Co/c1-2-8(10-12-4-6-15-10)14-9(3-1)11-13-5-7-16-11;2*1-2-3-4-5-6-7-8(9)10;1-4-7-10(8-5-2)9-6-3;2*9-3-1-2-7-4-6-5-8-6;2*1-2-3-7-4-6-5-8-6;/h1-3H,4-7H2;8-10H,2-7H2,1H3;2-7H2,1H3,(H,9,10);10H,4-6H2,1-3H3;6H,1-5H2,9H3;1-2,6H,3-5H2,9H3;2-3,6H,4-5H2,1H3;2,6H,1,3-5H2;. The molecule has 0 bridgehead atoms. The van der Waals surface area contributed by atoms with Crippen LogP contribution in [0.5, 0.6) is 0 Å². The monoisotopic (exact) mass is 1250 g/mol. The maximum atomic E-state index is 10.0. The minimum atomic E-state index is -1.73. The van der Waals surface area contributed by atoms with Crippen LogP contribution < -0.4 is 0 Å². The Labute approximate surface area is 504 Å². The number of epoxide rings is 4. The Hall–Kier alpha value is -2.90. The van der Waals surface area contributed by atoms with Crippen molar-refractivity contribution < 1.29 is 97.5 Å². The number of nitrogens with zero attached hydrogens (tertiary/aromatic N) is 3. The summed E-state index contributed by atoms with van der Waals surface area (Å²) in [4.78, 5) is 22.9. The fraction of sp³-hybridized carbons (Fsp3) is 0.754. The minimum Gasteiger partial charge on any atom is -0.499 e. The number of unbranched alkanes of at least 4 members (excludes halogenated alkanes) is 8. The number of hydrogen-bond donors (Lipinski definition) is 3. The average Bonchev–Trinajstić information content (AvgIpc) is 4.28. The molecule has 1 aromatic rings. The van der Waals surface area contributed by atoms with E-state index in [0.717, 1.165) is 89.9 Å². The summed E-state index contributed by atoms with van der Waals surface area (Å²) in [6.45, 7) is 28.4. The van der Waals surface area contributed by atoms with Crippen molar-refractivity contribution in [3.63, 3.8) is 0 Å². The molecular formula is C57H107CoN3O17Si3. The van der Waals surface area contributed by atoms with Crippen molar-refractivity contribution in [2.45, 2.75) is 168 Å². The second kappa shape index (κ2) is 60.2. The van der Waals surface area contributed by atoms with Gasteiger partial charge in [-0.2, -0.15) is 0 Å². The fourth-order valence-electron chi connectivity index (χ4n) is 6.00. The van der Waals surface area contributed by atoms with Crippen LogP contribution in [-0.2, 0) is 82.2 Å². The van der Waals surface area contributed by atoms with Crippen LogP contribution in [0.3, 0.4) is 0 Å². The quantitative estimate of drug-likeness (QED) is 0.0166. The van der Waals surface area contributed by atoms with E-state index in [1.807, 2.05) is 52.0 Å². The number of ether oxygens (including phenoxy) is 10. The summed E-state index contributed by atoms with van der Waals surface area (Å²) in [5.41, 5.74) is 1.49. The first-order valence-corrected chi connectivity index (χ1v) is 33.8. The molecule has 3 N–H and O–H groups in total. The molecule has 24 heteroatoms. The van der Waals surface area contributed by atoms with E-state index in [1.165, 1.54) is 77.5 Å². The number of aliphatic imine (C=N–C) groups is 2. The Morgan fingerprint density at radius 3 is 1.57 bits per heavy atom. The first-order chi connectivity index (χ1) is 39.0. The Morgan fingerprint density at radius 2 is 1.17 bits per heavy atom. The smallest absolute Gasteiger partial charge is 0.484 e. The summed E-state index contributed by atoms with van der Waals surface area (Å²) in [7, 11) is 0.792. The molecule has 7 rings (SSSR count). The van der Waals surface area contributed by atoms with Gasteiger partial charge in [-0.3, -0.25) is 4.79 Å². The summed E-state index contributed by atoms with van der Waals surface area (Å²) >= 11 is 0. The molecule has 0 spiro atoms. The Balaban J connectivity index is 0. The molecule has 1 aromatic heterocycles. The summed E-state index contributed by atoms with van der Waals surface area (Å²) in [5.74, 6) is 0.553. The Bertz CT molecular complexity index is 1640. The molecule has 0 aliphatic carbocycles. The van der Waals surface area contributed by atoms with Crippen LogP contribution in [0.15, 0.2) is 65.5 Å². The number of pyridine rings is 1. The van der Waals surface area contributed by atoms with Crippen molar-refractivity contribution in [1.29, 1.82) is 0 Å². The number of carboxylic acids is 1. The molecule has 1 radical (unpaired) electrons. The molecule has 4 unspecified atom stereocenters. The molecule has 20 nitrogen and oxygen atoms in total. The van der Waals surface area contributed by atoms with Gasteiger partial charge < -0.3 is 76.0 Å². The van der Waals surface area contributed by atoms with Crippen molar-refractivity contribution in [2.75, 3.05) is 112 Å². The molecule has 81 heavy (non-hydrogen) atoms. The zero-order chi connectivity index (χ0) is 58.9. The number of carboxylic acid groups (broad SMARTS) is 1. The SMILES string of the molecule is C=CCOCC1CO1.CC=COCC1CO1.CCCCCCCC(=O)O.CCCCCCCC(O)O.CCO[SiH](OCC)OCC.[Co].[SiH3]CC=COCC1CO1.[SiH3]CCCOCC1CO1.c1cc(C2=NCCO2)nc(C2=NCCO2)c1. The van der Waals surface area contributed by atoms with Crippen molar-refractivity contribution >= 4 is 47.8 Å². The van der Waals surface area contributed by atoms with E-state index in [9.17, 15) is 4.79 Å². The van der Waals surface area contributed by atoms with Crippen LogP contribution in [-0.4, -0.2) is 211 Å². The van der Waals surface area contributed by atoms with Crippen LogP contribution in [0.4, 0.5) is 0 Å². The van der Waals surface area contributed by atoms with E-state index in [2.05, 4.69) is 41.5 Å². The van der Waals surface area contributed by atoms with Crippen molar-refractivity contribution in [3.8, 4) is 0 Å². The number of rotatable bonds is 36. The maximum Gasteiger partial charge on any atom is 0.484 e. The van der Waals surface area contributed by atoms with Crippen molar-refractivity contribution in [1.82, 2.24) is 4.98 Å². The topological polar surface area (TPSA) is 249 Å². The first-order valence-electron chi connectivity index (χ1n) is 29.5. The Kier molecular flexibility index (Phi) is 59.6.